The molecule has 0 unspecified atom stereocenters. The summed E-state index contributed by atoms with van der Waals surface area (Å²) in [5.74, 6) is -0.519. The number of ether oxygens (including phenoxy) is 1. The number of aliphatic hydroxyl groups is 1. The first kappa shape index (κ1) is 34.0. The molecule has 4 N–H and O–H groups in total. The first-order chi connectivity index (χ1) is 21.8. The number of benzene rings is 1. The van der Waals surface area contributed by atoms with Gasteiger partial charge in [-0.3, -0.25) is 24.2 Å². The van der Waals surface area contributed by atoms with E-state index in [9.17, 15) is 29.4 Å². The van der Waals surface area contributed by atoms with E-state index in [0.29, 0.717) is 26.0 Å². The van der Waals surface area contributed by atoms with E-state index in [-0.39, 0.29) is 54.9 Å². The van der Waals surface area contributed by atoms with Crippen LogP contribution in [0.2, 0.25) is 0 Å². The minimum absolute atomic E-state index is 0.0947. The summed E-state index contributed by atoms with van der Waals surface area (Å²) >= 11 is 0. The van der Waals surface area contributed by atoms with E-state index < -0.39 is 36.2 Å². The largest absolute Gasteiger partial charge is 0.493 e. The number of rotatable bonds is 8. The Bertz CT molecular complexity index is 1280. The molecule has 12 nitrogen and oxygen atoms in total. The van der Waals surface area contributed by atoms with Gasteiger partial charge in [-0.1, -0.05) is 58.2 Å². The van der Waals surface area contributed by atoms with E-state index in [0.717, 1.165) is 48.3 Å². The Labute approximate surface area is 271 Å². The fourth-order valence-corrected chi connectivity index (χ4v) is 7.60. The highest BCUT2D eigenvalue weighted by Crippen LogP contribution is 2.34. The molecule has 5 rings (SSSR count). The highest BCUT2D eigenvalue weighted by molar-refractivity contribution is 5.94. The maximum Gasteiger partial charge on any atom is 0.407 e. The number of hydrogen-bond donors (Lipinski definition) is 4. The van der Waals surface area contributed by atoms with Crippen molar-refractivity contribution in [2.24, 2.45) is 11.3 Å². The van der Waals surface area contributed by atoms with E-state index in [1.165, 1.54) is 0 Å². The van der Waals surface area contributed by atoms with Gasteiger partial charge in [-0.2, -0.15) is 0 Å². The second-order valence-electron chi connectivity index (χ2n) is 14.8. The molecule has 1 saturated carbocycles. The maximum atomic E-state index is 14.7. The lowest BCUT2D eigenvalue weighted by atomic mass is 9.82. The van der Waals surface area contributed by atoms with Gasteiger partial charge >= 0.3 is 6.09 Å². The molecule has 4 aliphatic rings. The van der Waals surface area contributed by atoms with Gasteiger partial charge in [-0.15, -0.1) is 0 Å². The van der Waals surface area contributed by atoms with Crippen molar-refractivity contribution in [1.29, 1.82) is 0 Å². The van der Waals surface area contributed by atoms with E-state index >= 15 is 0 Å². The second-order valence-corrected chi connectivity index (χ2v) is 14.8. The third kappa shape index (κ3) is 7.76. The van der Waals surface area contributed by atoms with Crippen LogP contribution < -0.4 is 15.4 Å². The quantitative estimate of drug-likeness (QED) is 0.338. The Hall–Kier alpha value is -3.38. The van der Waals surface area contributed by atoms with Crippen molar-refractivity contribution in [2.45, 2.75) is 109 Å². The zero-order chi connectivity index (χ0) is 33.2. The van der Waals surface area contributed by atoms with Crippen molar-refractivity contribution in [2.75, 3.05) is 32.8 Å². The van der Waals surface area contributed by atoms with Gasteiger partial charge in [0, 0.05) is 44.2 Å². The Morgan fingerprint density at radius 2 is 1.76 bits per heavy atom. The monoisotopic (exact) mass is 641 g/mol. The Morgan fingerprint density at radius 3 is 2.46 bits per heavy atom. The molecule has 46 heavy (non-hydrogen) atoms. The molecule has 254 valence electrons. The lowest BCUT2D eigenvalue weighted by Crippen LogP contribution is -2.66. The van der Waals surface area contributed by atoms with Crippen LogP contribution >= 0.6 is 0 Å². The highest BCUT2D eigenvalue weighted by atomic mass is 16.5. The standard InChI is InChI=1S/C34H51N5O7/c1-21(39(33(44)45)20-34(2,3)4)30(41)36-29(22-10-6-5-7-11-22)32(43)38-17-23-16-24(40)18-37(23)19-27(38)31(42)35-26-14-15-46-28-13-9-8-12-25(26)28/h8-9,12-13,21-24,26-27,29,40H,5-7,10-11,14-20H2,1-4H3,(H,35,42)(H,36,41)(H,44,45)/t21-,23+,24+,26+,27-,29-/m0/s1. The first-order valence-electron chi connectivity index (χ1n) is 16.9. The van der Waals surface area contributed by atoms with Gasteiger partial charge < -0.3 is 30.5 Å². The maximum absolute atomic E-state index is 14.7. The van der Waals surface area contributed by atoms with Crippen LogP contribution in [-0.4, -0.2) is 112 Å². The van der Waals surface area contributed by atoms with Gasteiger partial charge in [-0.25, -0.2) is 4.79 Å². The zero-order valence-corrected chi connectivity index (χ0v) is 27.6. The summed E-state index contributed by atoms with van der Waals surface area (Å²) in [6.07, 6.45) is 3.80. The number of piperazine rings is 1. The number of aliphatic hydroxyl groups excluding tert-OH is 1. The van der Waals surface area contributed by atoms with Crippen molar-refractivity contribution < 1.29 is 34.1 Å². The molecule has 0 spiro atoms. The number of nitrogens with one attached hydrogen (secondary N) is 2. The third-order valence-corrected chi connectivity index (χ3v) is 9.98. The fourth-order valence-electron chi connectivity index (χ4n) is 7.60. The Morgan fingerprint density at radius 1 is 1.04 bits per heavy atom. The smallest absolute Gasteiger partial charge is 0.407 e. The zero-order valence-electron chi connectivity index (χ0n) is 27.6. The lowest BCUT2D eigenvalue weighted by Gasteiger charge is -2.45. The summed E-state index contributed by atoms with van der Waals surface area (Å²) in [5, 5.41) is 26.6. The molecule has 2 saturated heterocycles. The van der Waals surface area contributed by atoms with E-state index in [1.807, 2.05) is 45.0 Å². The number of nitrogens with zero attached hydrogens (tertiary/aromatic N) is 3. The molecule has 0 bridgehead atoms. The van der Waals surface area contributed by atoms with Crippen LogP contribution in [0.5, 0.6) is 5.75 Å². The summed E-state index contributed by atoms with van der Waals surface area (Å²) in [7, 11) is 0. The number of carboxylic acid groups (broad SMARTS) is 1. The third-order valence-electron chi connectivity index (χ3n) is 9.98. The molecule has 6 atom stereocenters. The van der Waals surface area contributed by atoms with Crippen LogP contribution in [0.25, 0.3) is 0 Å². The summed E-state index contributed by atoms with van der Waals surface area (Å²) < 4.78 is 5.79. The fraction of sp³-hybridized carbons (Fsp3) is 0.706. The predicted octanol–water partition coefficient (Wildman–Crippen LogP) is 2.75. The van der Waals surface area contributed by atoms with Crippen LogP contribution in [0.1, 0.15) is 84.2 Å². The SMILES string of the molecule is C[C@@H](C(=O)N[C@H](C(=O)N1C[C@H]2C[C@@H](O)CN2C[C@H]1C(=O)N[C@@H]1CCOc2ccccc21)C1CCCCC1)N(CC(C)(C)C)C(=O)O. The van der Waals surface area contributed by atoms with E-state index in [2.05, 4.69) is 15.5 Å². The second kappa shape index (κ2) is 14.2. The molecule has 0 radical (unpaired) electrons. The Kier molecular flexibility index (Phi) is 10.5. The van der Waals surface area contributed by atoms with Crippen molar-refractivity contribution >= 4 is 23.8 Å². The summed E-state index contributed by atoms with van der Waals surface area (Å²) in [5.41, 5.74) is 0.521. The van der Waals surface area contributed by atoms with Gasteiger partial charge in [0.05, 0.1) is 18.8 Å². The molecule has 0 aromatic heterocycles. The topological polar surface area (TPSA) is 152 Å². The summed E-state index contributed by atoms with van der Waals surface area (Å²) in [6.45, 7) is 8.88. The average molecular weight is 642 g/mol. The molecule has 3 fully saturated rings. The number of hydrogen-bond acceptors (Lipinski definition) is 7. The van der Waals surface area contributed by atoms with Crippen molar-refractivity contribution in [3.05, 3.63) is 29.8 Å². The van der Waals surface area contributed by atoms with Crippen LogP contribution in [0.15, 0.2) is 24.3 Å². The van der Waals surface area contributed by atoms with Crippen molar-refractivity contribution in [3.8, 4) is 5.75 Å². The first-order valence-corrected chi connectivity index (χ1v) is 16.9. The summed E-state index contributed by atoms with van der Waals surface area (Å²) in [6, 6.07) is 4.53. The van der Waals surface area contributed by atoms with Crippen LogP contribution in [0.4, 0.5) is 4.79 Å². The molecule has 3 heterocycles. The molecule has 1 aromatic carbocycles. The molecule has 1 aromatic rings. The number of amides is 4. The molecule has 12 heteroatoms. The number of para-hydroxylation sites is 1. The van der Waals surface area contributed by atoms with E-state index in [4.69, 9.17) is 4.74 Å². The number of carbonyl (C=O) groups excluding carboxylic acids is 3. The average Bonchev–Trinajstić information content (AvgIpc) is 3.40. The molecule has 4 amide bonds. The predicted molar refractivity (Wildman–Crippen MR) is 171 cm³/mol. The van der Waals surface area contributed by atoms with Crippen molar-refractivity contribution in [1.82, 2.24) is 25.3 Å². The van der Waals surface area contributed by atoms with Gasteiger partial charge in [0.2, 0.25) is 17.7 Å². The normalized spacial score (nSPS) is 26.6. The van der Waals surface area contributed by atoms with Gasteiger partial charge in [0.1, 0.15) is 23.9 Å². The minimum Gasteiger partial charge on any atom is -0.493 e. The number of carbonyl (C=O) groups is 4. The molecule has 3 aliphatic heterocycles. The molecule has 1 aliphatic carbocycles. The van der Waals surface area contributed by atoms with Gasteiger partial charge in [0.25, 0.3) is 0 Å². The lowest BCUT2D eigenvalue weighted by molar-refractivity contribution is -0.150. The van der Waals surface area contributed by atoms with Gasteiger partial charge in [0.15, 0.2) is 0 Å². The van der Waals surface area contributed by atoms with Crippen LogP contribution in [-0.2, 0) is 14.4 Å². The molecular formula is C34H51N5O7. The van der Waals surface area contributed by atoms with Crippen LogP contribution in [0, 0.1) is 11.3 Å². The Balaban J connectivity index is 1.40. The van der Waals surface area contributed by atoms with Gasteiger partial charge in [-0.05, 0) is 43.6 Å². The van der Waals surface area contributed by atoms with Crippen molar-refractivity contribution in [3.63, 3.8) is 0 Å². The number of fused-ring (bicyclic) bond motifs is 2. The summed E-state index contributed by atoms with van der Waals surface area (Å²) in [4.78, 5) is 59.5. The van der Waals surface area contributed by atoms with Crippen LogP contribution in [0.3, 0.4) is 0 Å². The highest BCUT2D eigenvalue weighted by Gasteiger charge is 2.47. The molecular weight excluding hydrogens is 590 g/mol. The van der Waals surface area contributed by atoms with E-state index in [1.54, 1.807) is 11.8 Å². The minimum atomic E-state index is -1.19.